The highest BCUT2D eigenvalue weighted by molar-refractivity contribution is 5.94. The van der Waals surface area contributed by atoms with Crippen molar-refractivity contribution in [2.45, 2.75) is 25.8 Å². The van der Waals surface area contributed by atoms with Crippen molar-refractivity contribution >= 4 is 12.1 Å². The molecular weight excluding hydrogens is 246 g/mol. The first kappa shape index (κ1) is 12.0. The van der Waals surface area contributed by atoms with Gasteiger partial charge in [0.2, 0.25) is 0 Å². The number of imide groups is 1. The standard InChI is InChI=1S/C12H17N5O2/c1-16-10(8-3-2-4-9(8)15-16)7-14-12(19)17-6-5-13-11(17)18/h2-7H2,1H3,(H,13,18)(H,14,19). The van der Waals surface area contributed by atoms with Crippen molar-refractivity contribution in [2.24, 2.45) is 7.05 Å². The fourth-order valence-corrected chi connectivity index (χ4v) is 2.73. The summed E-state index contributed by atoms with van der Waals surface area (Å²) in [6.07, 6.45) is 3.18. The van der Waals surface area contributed by atoms with Gasteiger partial charge in [-0.05, 0) is 24.8 Å². The van der Waals surface area contributed by atoms with Crippen LogP contribution in [-0.4, -0.2) is 39.8 Å². The van der Waals surface area contributed by atoms with Crippen LogP contribution in [-0.2, 0) is 26.4 Å². The molecule has 7 nitrogen and oxygen atoms in total. The third-order valence-electron chi connectivity index (χ3n) is 3.71. The van der Waals surface area contributed by atoms with Crippen LogP contribution in [0.15, 0.2) is 0 Å². The molecule has 3 rings (SSSR count). The Balaban J connectivity index is 1.66. The lowest BCUT2D eigenvalue weighted by molar-refractivity contribution is 0.198. The van der Waals surface area contributed by atoms with Gasteiger partial charge in [-0.15, -0.1) is 0 Å². The number of hydrogen-bond acceptors (Lipinski definition) is 3. The smallest absolute Gasteiger partial charge is 0.325 e. The second-order valence-corrected chi connectivity index (χ2v) is 4.89. The summed E-state index contributed by atoms with van der Waals surface area (Å²) >= 11 is 0. The van der Waals surface area contributed by atoms with Crippen LogP contribution in [0.25, 0.3) is 0 Å². The number of aryl methyl sites for hydroxylation is 2. The molecule has 2 N–H and O–H groups in total. The maximum atomic E-state index is 11.9. The van der Waals surface area contributed by atoms with E-state index >= 15 is 0 Å². The van der Waals surface area contributed by atoms with Crippen LogP contribution in [0.3, 0.4) is 0 Å². The third-order valence-corrected chi connectivity index (χ3v) is 3.71. The zero-order valence-corrected chi connectivity index (χ0v) is 10.9. The lowest BCUT2D eigenvalue weighted by Crippen LogP contribution is -2.41. The summed E-state index contributed by atoms with van der Waals surface area (Å²) < 4.78 is 1.83. The van der Waals surface area contributed by atoms with Crippen molar-refractivity contribution in [1.29, 1.82) is 0 Å². The summed E-state index contributed by atoms with van der Waals surface area (Å²) in [6, 6.07) is -0.671. The van der Waals surface area contributed by atoms with Gasteiger partial charge in [0.15, 0.2) is 0 Å². The highest BCUT2D eigenvalue weighted by Crippen LogP contribution is 2.24. The Morgan fingerprint density at radius 1 is 1.47 bits per heavy atom. The van der Waals surface area contributed by atoms with Crippen molar-refractivity contribution in [3.05, 3.63) is 17.0 Å². The maximum absolute atomic E-state index is 11.9. The number of carbonyl (C=O) groups excluding carboxylic acids is 2. The molecule has 0 saturated carbocycles. The first-order valence-electron chi connectivity index (χ1n) is 6.53. The molecule has 1 aromatic rings. The van der Waals surface area contributed by atoms with E-state index in [4.69, 9.17) is 0 Å². The molecule has 1 aromatic heterocycles. The van der Waals surface area contributed by atoms with E-state index in [9.17, 15) is 9.59 Å². The van der Waals surface area contributed by atoms with Gasteiger partial charge in [-0.25, -0.2) is 14.5 Å². The Morgan fingerprint density at radius 2 is 2.32 bits per heavy atom. The lowest BCUT2D eigenvalue weighted by Gasteiger charge is -2.14. The van der Waals surface area contributed by atoms with Gasteiger partial charge in [-0.3, -0.25) is 4.68 Å². The molecular formula is C12H17N5O2. The van der Waals surface area contributed by atoms with Gasteiger partial charge in [-0.2, -0.15) is 5.10 Å². The van der Waals surface area contributed by atoms with E-state index in [1.807, 2.05) is 11.7 Å². The van der Waals surface area contributed by atoms with Crippen molar-refractivity contribution < 1.29 is 9.59 Å². The number of fused-ring (bicyclic) bond motifs is 1. The number of nitrogens with zero attached hydrogens (tertiary/aromatic N) is 3. The molecule has 4 amide bonds. The Morgan fingerprint density at radius 3 is 3.05 bits per heavy atom. The Bertz CT molecular complexity index is 536. The van der Waals surface area contributed by atoms with E-state index in [1.54, 1.807) is 0 Å². The number of urea groups is 2. The Kier molecular flexibility index (Phi) is 2.88. The van der Waals surface area contributed by atoms with Crippen molar-refractivity contribution in [3.8, 4) is 0 Å². The lowest BCUT2D eigenvalue weighted by atomic mass is 10.2. The summed E-state index contributed by atoms with van der Waals surface area (Å²) in [6.45, 7) is 1.36. The van der Waals surface area contributed by atoms with E-state index in [-0.39, 0.29) is 12.1 Å². The molecule has 7 heteroatoms. The maximum Gasteiger partial charge on any atom is 0.325 e. The second kappa shape index (κ2) is 4.56. The largest absolute Gasteiger partial charge is 0.336 e. The zero-order valence-electron chi connectivity index (χ0n) is 10.9. The summed E-state index contributed by atoms with van der Waals surface area (Å²) in [5.74, 6) is 0. The SMILES string of the molecule is Cn1nc2c(c1CNC(=O)N1CCNC1=O)CCC2. The third kappa shape index (κ3) is 2.05. The topological polar surface area (TPSA) is 79.3 Å². The number of amides is 4. The molecule has 2 aliphatic rings. The van der Waals surface area contributed by atoms with Crippen LogP contribution < -0.4 is 10.6 Å². The van der Waals surface area contributed by atoms with E-state index in [0.717, 1.165) is 30.7 Å². The number of nitrogens with one attached hydrogen (secondary N) is 2. The predicted molar refractivity (Wildman–Crippen MR) is 67.6 cm³/mol. The van der Waals surface area contributed by atoms with Crippen molar-refractivity contribution in [1.82, 2.24) is 25.3 Å². The summed E-state index contributed by atoms with van der Waals surface area (Å²) in [4.78, 5) is 24.4. The highest BCUT2D eigenvalue weighted by Gasteiger charge is 2.27. The summed E-state index contributed by atoms with van der Waals surface area (Å²) in [5, 5.41) is 9.85. The predicted octanol–water partition coefficient (Wildman–Crippen LogP) is 0.144. The molecule has 102 valence electrons. The zero-order chi connectivity index (χ0) is 13.4. The van der Waals surface area contributed by atoms with Crippen LogP contribution in [0.4, 0.5) is 9.59 Å². The van der Waals surface area contributed by atoms with Gasteiger partial charge in [0.05, 0.1) is 17.9 Å². The first-order chi connectivity index (χ1) is 9.16. The molecule has 0 bridgehead atoms. The van der Waals surface area contributed by atoms with E-state index in [1.165, 1.54) is 10.5 Å². The average molecular weight is 263 g/mol. The quantitative estimate of drug-likeness (QED) is 0.796. The van der Waals surface area contributed by atoms with Gasteiger partial charge < -0.3 is 10.6 Å². The van der Waals surface area contributed by atoms with Crippen LogP contribution in [0.2, 0.25) is 0 Å². The average Bonchev–Trinajstić information content (AvgIpc) is 3.03. The molecule has 1 aliphatic heterocycles. The van der Waals surface area contributed by atoms with E-state index in [2.05, 4.69) is 15.7 Å². The minimum Gasteiger partial charge on any atom is -0.336 e. The second-order valence-electron chi connectivity index (χ2n) is 4.89. The van der Waals surface area contributed by atoms with Gasteiger partial charge in [0, 0.05) is 20.1 Å². The van der Waals surface area contributed by atoms with E-state index < -0.39 is 0 Å². The number of rotatable bonds is 2. The van der Waals surface area contributed by atoms with Gasteiger partial charge in [0.25, 0.3) is 0 Å². The van der Waals surface area contributed by atoms with Gasteiger partial charge in [-0.1, -0.05) is 0 Å². The molecule has 0 unspecified atom stereocenters. The summed E-state index contributed by atoms with van der Waals surface area (Å²) in [5.41, 5.74) is 3.44. The minimum atomic E-state index is -0.344. The molecule has 0 radical (unpaired) electrons. The molecule has 1 fully saturated rings. The Labute approximate surface area is 110 Å². The molecule has 19 heavy (non-hydrogen) atoms. The normalized spacial score (nSPS) is 17.5. The highest BCUT2D eigenvalue weighted by atomic mass is 16.2. The molecule has 0 aromatic carbocycles. The monoisotopic (exact) mass is 263 g/mol. The summed E-state index contributed by atoms with van der Waals surface area (Å²) in [7, 11) is 1.89. The molecule has 1 aliphatic carbocycles. The molecule has 0 spiro atoms. The van der Waals surface area contributed by atoms with Crippen LogP contribution in [0, 0.1) is 0 Å². The van der Waals surface area contributed by atoms with Crippen molar-refractivity contribution in [3.63, 3.8) is 0 Å². The Hall–Kier alpha value is -2.05. The van der Waals surface area contributed by atoms with E-state index in [0.29, 0.717) is 19.6 Å². The molecule has 0 atom stereocenters. The van der Waals surface area contributed by atoms with Crippen molar-refractivity contribution in [2.75, 3.05) is 13.1 Å². The van der Waals surface area contributed by atoms with Gasteiger partial charge >= 0.3 is 12.1 Å². The fourth-order valence-electron chi connectivity index (χ4n) is 2.73. The molecule has 1 saturated heterocycles. The van der Waals surface area contributed by atoms with Crippen LogP contribution >= 0.6 is 0 Å². The number of hydrogen-bond donors (Lipinski definition) is 2. The van der Waals surface area contributed by atoms with Crippen LogP contribution in [0.5, 0.6) is 0 Å². The number of carbonyl (C=O) groups is 2. The fraction of sp³-hybridized carbons (Fsp3) is 0.583. The van der Waals surface area contributed by atoms with Gasteiger partial charge in [0.1, 0.15) is 0 Å². The number of aromatic nitrogens is 2. The molecule has 2 heterocycles. The van der Waals surface area contributed by atoms with Crippen LogP contribution in [0.1, 0.15) is 23.4 Å². The minimum absolute atomic E-state index is 0.326. The first-order valence-corrected chi connectivity index (χ1v) is 6.53.